The summed E-state index contributed by atoms with van der Waals surface area (Å²) in [6.45, 7) is 0. The first kappa shape index (κ1) is 34.0. The normalized spacial score (nSPS) is 13.0. The van der Waals surface area contributed by atoms with E-state index in [1.54, 1.807) is 0 Å². The summed E-state index contributed by atoms with van der Waals surface area (Å²) in [6, 6.07) is 79.7. The highest BCUT2D eigenvalue weighted by Crippen LogP contribution is 2.63. The number of benzene rings is 10. The van der Waals surface area contributed by atoms with Crippen LogP contribution in [0.15, 0.2) is 218 Å². The fraction of sp³-hybridized carbons (Fsp3) is 0.0169. The van der Waals surface area contributed by atoms with Crippen LogP contribution in [0.2, 0.25) is 0 Å². The van der Waals surface area contributed by atoms with Crippen LogP contribution in [0.4, 0.5) is 0 Å². The Labute approximate surface area is 354 Å². The predicted octanol–water partition coefficient (Wildman–Crippen LogP) is 14.9. The molecule has 0 saturated heterocycles. The summed E-state index contributed by atoms with van der Waals surface area (Å²) in [5.74, 6) is 0.709. The minimum Gasteiger partial charge on any atom is -0.228 e. The van der Waals surface area contributed by atoms with Crippen molar-refractivity contribution in [1.82, 2.24) is 9.97 Å². The number of aromatic nitrogens is 2. The molecule has 1 heterocycles. The molecule has 2 heteroatoms. The predicted molar refractivity (Wildman–Crippen MR) is 253 cm³/mol. The van der Waals surface area contributed by atoms with E-state index in [1.807, 2.05) is 6.07 Å². The molecule has 0 aliphatic heterocycles. The van der Waals surface area contributed by atoms with Crippen LogP contribution in [0, 0.1) is 0 Å². The van der Waals surface area contributed by atoms with E-state index < -0.39 is 0 Å². The summed E-state index contributed by atoms with van der Waals surface area (Å²) in [4.78, 5) is 10.4. The third kappa shape index (κ3) is 4.91. The SMILES string of the molecule is c1ccc(-c2nc(-c3ccc(-c4ccc5c(c4)C4(c6ccccc6-c6ccccc64)c4ccccc4-5)cc3)cc(-c3ccc4c5ccccc5c5ccccc5c4c3)n2)cc1. The summed E-state index contributed by atoms with van der Waals surface area (Å²) in [7, 11) is 0. The molecule has 2 nitrogen and oxygen atoms in total. The highest BCUT2D eigenvalue weighted by atomic mass is 14.9. The molecule has 0 unspecified atom stereocenters. The number of nitrogens with zero attached hydrogens (tertiary/aromatic N) is 2. The van der Waals surface area contributed by atoms with Crippen molar-refractivity contribution in [2.24, 2.45) is 0 Å². The average Bonchev–Trinajstić information content (AvgIpc) is 3.81. The molecule has 2 aliphatic rings. The maximum Gasteiger partial charge on any atom is 0.160 e. The molecule has 10 aromatic carbocycles. The van der Waals surface area contributed by atoms with Gasteiger partial charge in [0.05, 0.1) is 16.8 Å². The van der Waals surface area contributed by atoms with Gasteiger partial charge in [0.15, 0.2) is 5.82 Å². The largest absolute Gasteiger partial charge is 0.228 e. The first-order valence-corrected chi connectivity index (χ1v) is 21.1. The second-order valence-corrected chi connectivity index (χ2v) is 16.4. The van der Waals surface area contributed by atoms with Crippen molar-refractivity contribution in [2.45, 2.75) is 5.41 Å². The van der Waals surface area contributed by atoms with E-state index in [0.717, 1.165) is 28.1 Å². The molecule has 0 radical (unpaired) electrons. The van der Waals surface area contributed by atoms with Gasteiger partial charge in [0.25, 0.3) is 0 Å². The van der Waals surface area contributed by atoms with Crippen molar-refractivity contribution in [2.75, 3.05) is 0 Å². The molecule has 0 amide bonds. The molecule has 2 aliphatic carbocycles. The van der Waals surface area contributed by atoms with E-state index in [4.69, 9.17) is 9.97 Å². The van der Waals surface area contributed by atoms with Crippen molar-refractivity contribution in [3.05, 3.63) is 241 Å². The molecule has 282 valence electrons. The van der Waals surface area contributed by atoms with Crippen LogP contribution in [0.1, 0.15) is 22.3 Å². The van der Waals surface area contributed by atoms with Crippen molar-refractivity contribution in [3.63, 3.8) is 0 Å². The van der Waals surface area contributed by atoms with Crippen molar-refractivity contribution >= 4 is 32.3 Å². The summed E-state index contributed by atoms with van der Waals surface area (Å²) >= 11 is 0. The highest BCUT2D eigenvalue weighted by molar-refractivity contribution is 6.25. The van der Waals surface area contributed by atoms with Gasteiger partial charge in [-0.05, 0) is 106 Å². The minimum atomic E-state index is -0.373. The van der Waals surface area contributed by atoms with Gasteiger partial charge in [-0.15, -0.1) is 0 Å². The Bertz CT molecular complexity index is 3480. The Morgan fingerprint density at radius 1 is 0.246 bits per heavy atom. The van der Waals surface area contributed by atoms with Crippen LogP contribution in [0.25, 0.3) is 99.6 Å². The van der Waals surface area contributed by atoms with Crippen LogP contribution >= 0.6 is 0 Å². The van der Waals surface area contributed by atoms with E-state index >= 15 is 0 Å². The number of hydrogen-bond donors (Lipinski definition) is 0. The molecule has 11 aromatic rings. The second kappa shape index (κ2) is 13.0. The third-order valence-corrected chi connectivity index (χ3v) is 13.3. The number of hydrogen-bond acceptors (Lipinski definition) is 2. The standard InChI is InChI=1S/C59H36N2/c1-2-14-39(15-3-1)58-60-56(36-57(61-58)41-31-32-46-44-18-5-4-16-42(44)43-17-6-7-19-45(43)51(46)34-41)38-28-26-37(27-29-38)40-30-33-50-49-22-10-13-25-54(49)59(55(50)35-40)52-23-11-8-20-47(52)48-21-9-12-24-53(48)59/h1-36H. The van der Waals surface area contributed by atoms with Gasteiger partial charge >= 0.3 is 0 Å². The van der Waals surface area contributed by atoms with Crippen molar-refractivity contribution < 1.29 is 0 Å². The number of fused-ring (bicyclic) bond motifs is 16. The van der Waals surface area contributed by atoms with Gasteiger partial charge in [0.2, 0.25) is 0 Å². The molecule has 1 spiro atoms. The summed E-state index contributed by atoms with van der Waals surface area (Å²) in [5.41, 5.74) is 17.6. The lowest BCUT2D eigenvalue weighted by Gasteiger charge is -2.30. The molecule has 0 N–H and O–H groups in total. The maximum atomic E-state index is 5.22. The Morgan fingerprint density at radius 3 is 1.26 bits per heavy atom. The zero-order chi connectivity index (χ0) is 40.1. The van der Waals surface area contributed by atoms with E-state index in [2.05, 4.69) is 212 Å². The first-order chi connectivity index (χ1) is 30.2. The average molecular weight is 773 g/mol. The smallest absolute Gasteiger partial charge is 0.160 e. The molecular weight excluding hydrogens is 737 g/mol. The Hall–Kier alpha value is -7.94. The van der Waals surface area contributed by atoms with Crippen LogP contribution in [-0.4, -0.2) is 9.97 Å². The maximum absolute atomic E-state index is 5.22. The van der Waals surface area contributed by atoms with Crippen LogP contribution in [-0.2, 0) is 5.41 Å². The Balaban J connectivity index is 0.940. The van der Waals surface area contributed by atoms with Gasteiger partial charge in [-0.3, -0.25) is 0 Å². The van der Waals surface area contributed by atoms with Crippen LogP contribution in [0.3, 0.4) is 0 Å². The number of rotatable bonds is 4. The second-order valence-electron chi connectivity index (χ2n) is 16.4. The zero-order valence-electron chi connectivity index (χ0n) is 33.2. The van der Waals surface area contributed by atoms with Crippen LogP contribution < -0.4 is 0 Å². The molecular formula is C59H36N2. The van der Waals surface area contributed by atoms with Crippen molar-refractivity contribution in [3.8, 4) is 67.3 Å². The Morgan fingerprint density at radius 2 is 0.672 bits per heavy atom. The minimum absolute atomic E-state index is 0.373. The lowest BCUT2D eigenvalue weighted by atomic mass is 9.70. The van der Waals surface area contributed by atoms with Gasteiger partial charge in [0.1, 0.15) is 0 Å². The molecule has 0 atom stereocenters. The van der Waals surface area contributed by atoms with Gasteiger partial charge in [-0.25, -0.2) is 9.97 Å². The lowest BCUT2D eigenvalue weighted by molar-refractivity contribution is 0.794. The molecule has 1 aromatic heterocycles. The van der Waals surface area contributed by atoms with Gasteiger partial charge in [0, 0.05) is 16.7 Å². The Kier molecular flexibility index (Phi) is 7.26. The zero-order valence-corrected chi connectivity index (χ0v) is 33.2. The third-order valence-electron chi connectivity index (χ3n) is 13.3. The molecule has 0 saturated carbocycles. The molecule has 61 heavy (non-hydrogen) atoms. The topological polar surface area (TPSA) is 25.8 Å². The molecule has 0 fully saturated rings. The van der Waals surface area contributed by atoms with E-state index in [0.29, 0.717) is 5.82 Å². The molecule has 0 bridgehead atoms. The fourth-order valence-electron chi connectivity index (χ4n) is 10.6. The van der Waals surface area contributed by atoms with Crippen molar-refractivity contribution in [1.29, 1.82) is 0 Å². The lowest BCUT2D eigenvalue weighted by Crippen LogP contribution is -2.25. The molecule has 13 rings (SSSR count). The highest BCUT2D eigenvalue weighted by Gasteiger charge is 2.51. The van der Waals surface area contributed by atoms with E-state index in [-0.39, 0.29) is 5.41 Å². The van der Waals surface area contributed by atoms with Gasteiger partial charge in [-0.1, -0.05) is 200 Å². The quantitative estimate of drug-likeness (QED) is 0.167. The van der Waals surface area contributed by atoms with E-state index in [9.17, 15) is 0 Å². The summed E-state index contributed by atoms with van der Waals surface area (Å²) in [5, 5.41) is 7.51. The fourth-order valence-corrected chi connectivity index (χ4v) is 10.6. The van der Waals surface area contributed by atoms with Gasteiger partial charge in [-0.2, -0.15) is 0 Å². The summed E-state index contributed by atoms with van der Waals surface area (Å²) < 4.78 is 0. The summed E-state index contributed by atoms with van der Waals surface area (Å²) in [6.07, 6.45) is 0. The van der Waals surface area contributed by atoms with E-state index in [1.165, 1.54) is 88.0 Å². The van der Waals surface area contributed by atoms with Gasteiger partial charge < -0.3 is 0 Å². The monoisotopic (exact) mass is 772 g/mol. The van der Waals surface area contributed by atoms with Crippen LogP contribution in [0.5, 0.6) is 0 Å². The first-order valence-electron chi connectivity index (χ1n) is 21.1.